The molecular formula is C24H32O4Si. The SMILES string of the molecule is COc1ccc(COCC2=CC[C@H]([Si](C)(C)O)[C@H]2COCc2ccccc2)cc1. The van der Waals surface area contributed by atoms with Crippen LogP contribution < -0.4 is 4.74 Å². The molecule has 4 nitrogen and oxygen atoms in total. The number of hydrogen-bond acceptors (Lipinski definition) is 4. The Morgan fingerprint density at radius 3 is 2.21 bits per heavy atom. The Kier molecular flexibility index (Phi) is 7.67. The highest BCUT2D eigenvalue weighted by molar-refractivity contribution is 6.71. The van der Waals surface area contributed by atoms with E-state index in [-0.39, 0.29) is 11.5 Å². The Morgan fingerprint density at radius 1 is 0.897 bits per heavy atom. The summed E-state index contributed by atoms with van der Waals surface area (Å²) in [7, 11) is -0.606. The summed E-state index contributed by atoms with van der Waals surface area (Å²) in [5, 5.41) is 0. The van der Waals surface area contributed by atoms with Gasteiger partial charge >= 0.3 is 0 Å². The second-order valence-corrected chi connectivity index (χ2v) is 12.3. The molecular weight excluding hydrogens is 380 g/mol. The summed E-state index contributed by atoms with van der Waals surface area (Å²) < 4.78 is 17.3. The van der Waals surface area contributed by atoms with Crippen molar-refractivity contribution >= 4 is 8.32 Å². The van der Waals surface area contributed by atoms with Crippen LogP contribution in [0.2, 0.25) is 18.6 Å². The molecule has 2 aromatic carbocycles. The molecule has 0 spiro atoms. The van der Waals surface area contributed by atoms with Gasteiger partial charge in [-0.15, -0.1) is 0 Å². The maximum Gasteiger partial charge on any atom is 0.186 e. The van der Waals surface area contributed by atoms with Crippen LogP contribution in [-0.4, -0.2) is 33.4 Å². The van der Waals surface area contributed by atoms with Gasteiger partial charge in [-0.1, -0.05) is 48.5 Å². The smallest absolute Gasteiger partial charge is 0.186 e. The van der Waals surface area contributed by atoms with Crippen LogP contribution in [0.1, 0.15) is 17.5 Å². The van der Waals surface area contributed by atoms with E-state index in [1.807, 2.05) is 55.6 Å². The van der Waals surface area contributed by atoms with Crippen LogP contribution in [0.5, 0.6) is 5.75 Å². The fourth-order valence-electron chi connectivity index (χ4n) is 3.91. The van der Waals surface area contributed by atoms with E-state index < -0.39 is 8.32 Å². The first-order valence-corrected chi connectivity index (χ1v) is 13.2. The van der Waals surface area contributed by atoms with E-state index >= 15 is 0 Å². The third kappa shape index (κ3) is 6.28. The minimum Gasteiger partial charge on any atom is -0.497 e. The highest BCUT2D eigenvalue weighted by Gasteiger charge is 2.40. The van der Waals surface area contributed by atoms with E-state index in [2.05, 4.69) is 18.2 Å². The lowest BCUT2D eigenvalue weighted by molar-refractivity contribution is 0.0834. The highest BCUT2D eigenvalue weighted by Crippen LogP contribution is 2.42. The lowest BCUT2D eigenvalue weighted by Crippen LogP contribution is -2.37. The summed E-state index contributed by atoms with van der Waals surface area (Å²) in [6.45, 7) is 6.40. The van der Waals surface area contributed by atoms with Gasteiger partial charge in [0.25, 0.3) is 0 Å². The fraction of sp³-hybridized carbons (Fsp3) is 0.417. The Hall–Kier alpha value is -1.92. The third-order valence-electron chi connectivity index (χ3n) is 5.61. The molecule has 5 heteroatoms. The number of methoxy groups -OCH3 is 1. The predicted molar refractivity (Wildman–Crippen MR) is 118 cm³/mol. The third-order valence-corrected chi connectivity index (χ3v) is 8.06. The zero-order valence-electron chi connectivity index (χ0n) is 17.6. The number of hydrogen-bond donors (Lipinski definition) is 1. The van der Waals surface area contributed by atoms with Crippen LogP contribution in [0.4, 0.5) is 0 Å². The molecule has 0 aliphatic heterocycles. The Morgan fingerprint density at radius 2 is 1.55 bits per heavy atom. The van der Waals surface area contributed by atoms with Crippen molar-refractivity contribution in [1.82, 2.24) is 0 Å². The molecule has 0 radical (unpaired) electrons. The van der Waals surface area contributed by atoms with Gasteiger partial charge in [-0.05, 0) is 53.9 Å². The molecule has 156 valence electrons. The van der Waals surface area contributed by atoms with Gasteiger partial charge in [0.2, 0.25) is 0 Å². The van der Waals surface area contributed by atoms with Gasteiger partial charge in [-0.3, -0.25) is 0 Å². The molecule has 2 aromatic rings. The average Bonchev–Trinajstić information content (AvgIpc) is 3.13. The maximum absolute atomic E-state index is 10.8. The predicted octanol–water partition coefficient (Wildman–Crippen LogP) is 4.94. The van der Waals surface area contributed by atoms with Crippen LogP contribution in [0.3, 0.4) is 0 Å². The zero-order chi connectivity index (χ0) is 20.7. The topological polar surface area (TPSA) is 47.9 Å². The number of rotatable bonds is 10. The Bertz CT molecular complexity index is 781. The van der Waals surface area contributed by atoms with Crippen molar-refractivity contribution in [1.29, 1.82) is 0 Å². The molecule has 0 amide bonds. The minimum absolute atomic E-state index is 0.223. The summed E-state index contributed by atoms with van der Waals surface area (Å²) in [6.07, 6.45) is 3.16. The summed E-state index contributed by atoms with van der Waals surface area (Å²) in [6, 6.07) is 18.2. The first kappa shape index (κ1) is 21.8. The Labute approximate surface area is 175 Å². The fourth-order valence-corrected chi connectivity index (χ4v) is 5.90. The van der Waals surface area contributed by atoms with Gasteiger partial charge in [0.05, 0.1) is 33.5 Å². The molecule has 0 fully saturated rings. The highest BCUT2D eigenvalue weighted by atomic mass is 28.4. The standard InChI is InChI=1S/C24H32O4Si/c1-26-22-12-9-20(10-13-22)16-27-17-21-11-14-24(29(2,3)25)23(21)18-28-15-19-7-5-4-6-8-19/h4-13,23-25H,14-18H2,1-3H3/t23-,24-/m0/s1. The molecule has 0 unspecified atom stereocenters. The molecule has 0 saturated heterocycles. The molecule has 0 saturated carbocycles. The second-order valence-electron chi connectivity index (χ2n) is 8.22. The summed E-state index contributed by atoms with van der Waals surface area (Å²) >= 11 is 0. The first-order chi connectivity index (χ1) is 14.0. The second kappa shape index (κ2) is 10.2. The Balaban J connectivity index is 1.54. The van der Waals surface area contributed by atoms with Gasteiger partial charge in [-0.25, -0.2) is 0 Å². The van der Waals surface area contributed by atoms with Gasteiger partial charge in [0.1, 0.15) is 5.75 Å². The van der Waals surface area contributed by atoms with Crippen LogP contribution in [0.25, 0.3) is 0 Å². The normalized spacial score (nSPS) is 19.2. The van der Waals surface area contributed by atoms with Crippen molar-refractivity contribution in [3.63, 3.8) is 0 Å². The molecule has 0 heterocycles. The molecule has 0 bridgehead atoms. The molecule has 3 rings (SSSR count). The van der Waals surface area contributed by atoms with E-state index in [0.717, 1.165) is 17.7 Å². The monoisotopic (exact) mass is 412 g/mol. The molecule has 2 atom stereocenters. The molecule has 0 aromatic heterocycles. The van der Waals surface area contributed by atoms with E-state index in [0.29, 0.717) is 26.4 Å². The first-order valence-electron chi connectivity index (χ1n) is 10.2. The largest absolute Gasteiger partial charge is 0.497 e. The number of allylic oxidation sites excluding steroid dienone is 1. The molecule has 1 aliphatic rings. The maximum atomic E-state index is 10.8. The van der Waals surface area contributed by atoms with Crippen LogP contribution in [0.15, 0.2) is 66.2 Å². The molecule has 1 N–H and O–H groups in total. The lowest BCUT2D eigenvalue weighted by Gasteiger charge is -2.30. The lowest BCUT2D eigenvalue weighted by atomic mass is 10.0. The van der Waals surface area contributed by atoms with Gasteiger partial charge in [0, 0.05) is 5.92 Å². The summed E-state index contributed by atoms with van der Waals surface area (Å²) in [5.41, 5.74) is 3.82. The van der Waals surface area contributed by atoms with E-state index in [4.69, 9.17) is 14.2 Å². The molecule has 29 heavy (non-hydrogen) atoms. The quantitative estimate of drug-likeness (QED) is 0.443. The average molecular weight is 413 g/mol. The van der Waals surface area contributed by atoms with Crippen molar-refractivity contribution in [2.45, 2.75) is 38.3 Å². The van der Waals surface area contributed by atoms with E-state index in [1.54, 1.807) is 7.11 Å². The van der Waals surface area contributed by atoms with Crippen molar-refractivity contribution in [3.05, 3.63) is 77.4 Å². The van der Waals surface area contributed by atoms with Gasteiger partial charge in [0.15, 0.2) is 8.32 Å². The van der Waals surface area contributed by atoms with Crippen LogP contribution in [0, 0.1) is 5.92 Å². The van der Waals surface area contributed by atoms with Crippen LogP contribution >= 0.6 is 0 Å². The van der Waals surface area contributed by atoms with E-state index in [9.17, 15) is 4.80 Å². The zero-order valence-corrected chi connectivity index (χ0v) is 18.6. The van der Waals surface area contributed by atoms with Crippen LogP contribution in [-0.2, 0) is 22.7 Å². The number of ether oxygens (including phenoxy) is 3. The summed E-state index contributed by atoms with van der Waals surface area (Å²) in [4.78, 5) is 10.8. The molecule has 1 aliphatic carbocycles. The van der Waals surface area contributed by atoms with Crippen molar-refractivity contribution in [2.75, 3.05) is 20.3 Å². The summed E-state index contributed by atoms with van der Waals surface area (Å²) in [5.74, 6) is 1.07. The van der Waals surface area contributed by atoms with E-state index in [1.165, 1.54) is 11.1 Å². The van der Waals surface area contributed by atoms with Gasteiger partial charge < -0.3 is 19.0 Å². The van der Waals surface area contributed by atoms with Crippen molar-refractivity contribution < 1.29 is 19.0 Å². The van der Waals surface area contributed by atoms with Crippen molar-refractivity contribution in [3.8, 4) is 5.75 Å². The van der Waals surface area contributed by atoms with Crippen molar-refractivity contribution in [2.24, 2.45) is 5.92 Å². The number of benzene rings is 2. The van der Waals surface area contributed by atoms with Gasteiger partial charge in [-0.2, -0.15) is 0 Å². The minimum atomic E-state index is -2.27.